The second kappa shape index (κ2) is 7.14. The van der Waals surface area contributed by atoms with Gasteiger partial charge in [0.15, 0.2) is 0 Å². The Morgan fingerprint density at radius 1 is 1.38 bits per heavy atom. The van der Waals surface area contributed by atoms with Crippen molar-refractivity contribution in [2.45, 2.75) is 17.2 Å². The maximum absolute atomic E-state index is 13.6. The standard InChI is InChI=1S/C15H13F2N5OS/c1-7(14(23)21-12-4-8(16)2-3-10(12)17)24-15-9(6-18)11(19)5-13(20)22-15/h2-5,7H,1H3,(H,21,23)(H4,19,20,22)/t7-/m1/s1. The molecule has 5 N–H and O–H groups in total. The highest BCUT2D eigenvalue weighted by molar-refractivity contribution is 8.00. The fraction of sp³-hybridized carbons (Fsp3) is 0.133. The quantitative estimate of drug-likeness (QED) is 0.730. The van der Waals surface area contributed by atoms with Gasteiger partial charge >= 0.3 is 0 Å². The molecule has 0 spiro atoms. The smallest absolute Gasteiger partial charge is 0.237 e. The molecule has 124 valence electrons. The first kappa shape index (κ1) is 17.5. The van der Waals surface area contributed by atoms with Crippen LogP contribution in [0.5, 0.6) is 0 Å². The number of halogens is 2. The molecule has 0 aliphatic carbocycles. The summed E-state index contributed by atoms with van der Waals surface area (Å²) in [6.07, 6.45) is 0. The van der Waals surface area contributed by atoms with Crippen LogP contribution in [0.25, 0.3) is 0 Å². The van der Waals surface area contributed by atoms with Gasteiger partial charge in [-0.3, -0.25) is 4.79 Å². The number of carbonyl (C=O) groups is 1. The third-order valence-electron chi connectivity index (χ3n) is 2.99. The van der Waals surface area contributed by atoms with Gasteiger partial charge in [0.05, 0.1) is 16.6 Å². The van der Waals surface area contributed by atoms with Gasteiger partial charge in [0.2, 0.25) is 5.91 Å². The predicted molar refractivity (Wildman–Crippen MR) is 88.1 cm³/mol. The number of aromatic nitrogens is 1. The van der Waals surface area contributed by atoms with Gasteiger partial charge in [-0.25, -0.2) is 13.8 Å². The van der Waals surface area contributed by atoms with Gasteiger partial charge < -0.3 is 16.8 Å². The fourth-order valence-electron chi connectivity index (χ4n) is 1.81. The van der Waals surface area contributed by atoms with Gasteiger partial charge in [-0.2, -0.15) is 5.26 Å². The molecule has 0 bridgehead atoms. The third-order valence-corrected chi connectivity index (χ3v) is 4.08. The number of anilines is 3. The number of pyridine rings is 1. The average molecular weight is 349 g/mol. The summed E-state index contributed by atoms with van der Waals surface area (Å²) in [5.74, 6) is -1.91. The number of nitrogens with two attached hydrogens (primary N) is 2. The Hall–Kier alpha value is -2.86. The van der Waals surface area contributed by atoms with Crippen LogP contribution < -0.4 is 16.8 Å². The molecule has 0 unspecified atom stereocenters. The van der Waals surface area contributed by atoms with E-state index in [1.54, 1.807) is 0 Å². The summed E-state index contributed by atoms with van der Waals surface area (Å²) >= 11 is 0.939. The highest BCUT2D eigenvalue weighted by Crippen LogP contribution is 2.30. The van der Waals surface area contributed by atoms with E-state index in [4.69, 9.17) is 16.7 Å². The summed E-state index contributed by atoms with van der Waals surface area (Å²) in [6.45, 7) is 1.53. The molecule has 1 heterocycles. The number of amides is 1. The average Bonchev–Trinajstić information content (AvgIpc) is 2.50. The van der Waals surface area contributed by atoms with Gasteiger partial charge in [-0.05, 0) is 19.1 Å². The molecule has 2 rings (SSSR count). The zero-order valence-corrected chi connectivity index (χ0v) is 13.3. The number of benzene rings is 1. The third kappa shape index (κ3) is 3.91. The number of hydrogen-bond donors (Lipinski definition) is 3. The van der Waals surface area contributed by atoms with E-state index in [1.807, 2.05) is 6.07 Å². The van der Waals surface area contributed by atoms with E-state index >= 15 is 0 Å². The minimum absolute atomic E-state index is 0.103. The fourth-order valence-corrected chi connectivity index (χ4v) is 2.75. The number of hydrogen-bond acceptors (Lipinski definition) is 6. The summed E-state index contributed by atoms with van der Waals surface area (Å²) in [5, 5.41) is 10.9. The van der Waals surface area contributed by atoms with Crippen LogP contribution in [0.2, 0.25) is 0 Å². The lowest BCUT2D eigenvalue weighted by Gasteiger charge is -2.13. The molecule has 6 nitrogen and oxygen atoms in total. The van der Waals surface area contributed by atoms with Crippen LogP contribution in [0.3, 0.4) is 0 Å². The molecule has 0 radical (unpaired) electrons. The molecule has 0 saturated carbocycles. The monoisotopic (exact) mass is 349 g/mol. The molecule has 1 aromatic heterocycles. The van der Waals surface area contributed by atoms with Crippen molar-refractivity contribution in [2.75, 3.05) is 16.8 Å². The van der Waals surface area contributed by atoms with Crippen LogP contribution in [-0.4, -0.2) is 16.1 Å². The molecule has 0 aliphatic rings. The summed E-state index contributed by atoms with van der Waals surface area (Å²) in [7, 11) is 0. The Bertz CT molecular complexity index is 837. The van der Waals surface area contributed by atoms with E-state index < -0.39 is 22.8 Å². The number of rotatable bonds is 4. The SMILES string of the molecule is C[C@@H](Sc1nc(N)cc(N)c1C#N)C(=O)Nc1cc(F)ccc1F. The largest absolute Gasteiger partial charge is 0.397 e. The molecular weight excluding hydrogens is 336 g/mol. The maximum Gasteiger partial charge on any atom is 0.237 e. The van der Waals surface area contributed by atoms with Crippen molar-refractivity contribution in [3.63, 3.8) is 0 Å². The maximum atomic E-state index is 13.6. The number of nitrogen functional groups attached to an aromatic ring is 2. The molecule has 24 heavy (non-hydrogen) atoms. The highest BCUT2D eigenvalue weighted by atomic mass is 32.2. The molecule has 9 heteroatoms. The molecule has 0 saturated heterocycles. The van der Waals surface area contributed by atoms with Gasteiger partial charge in [0, 0.05) is 12.1 Å². The Kier molecular flexibility index (Phi) is 5.21. The van der Waals surface area contributed by atoms with Crippen LogP contribution >= 0.6 is 11.8 Å². The Labute approximate surface area is 140 Å². The Morgan fingerprint density at radius 3 is 2.75 bits per heavy atom. The van der Waals surface area contributed by atoms with Crippen molar-refractivity contribution in [3.8, 4) is 6.07 Å². The van der Waals surface area contributed by atoms with Crippen LogP contribution in [-0.2, 0) is 4.79 Å². The topological polar surface area (TPSA) is 118 Å². The lowest BCUT2D eigenvalue weighted by molar-refractivity contribution is -0.115. The van der Waals surface area contributed by atoms with Crippen LogP contribution in [0.1, 0.15) is 12.5 Å². The molecule has 1 aromatic carbocycles. The van der Waals surface area contributed by atoms with Crippen molar-refractivity contribution in [1.82, 2.24) is 4.98 Å². The molecule has 0 fully saturated rings. The number of nitriles is 1. The van der Waals surface area contributed by atoms with E-state index in [1.165, 1.54) is 13.0 Å². The van der Waals surface area contributed by atoms with Gasteiger partial charge in [-0.15, -0.1) is 0 Å². The zero-order chi connectivity index (χ0) is 17.9. The van der Waals surface area contributed by atoms with Crippen molar-refractivity contribution in [3.05, 3.63) is 41.5 Å². The minimum Gasteiger partial charge on any atom is -0.397 e. The van der Waals surface area contributed by atoms with Gasteiger partial charge in [0.1, 0.15) is 34.1 Å². The van der Waals surface area contributed by atoms with Crippen molar-refractivity contribution >= 4 is 34.9 Å². The number of nitrogens with one attached hydrogen (secondary N) is 1. The first-order valence-corrected chi connectivity index (χ1v) is 7.58. The van der Waals surface area contributed by atoms with Crippen LogP contribution in [0.15, 0.2) is 29.3 Å². The summed E-state index contributed by atoms with van der Waals surface area (Å²) < 4.78 is 26.7. The molecule has 1 atom stereocenters. The Morgan fingerprint density at radius 2 is 2.08 bits per heavy atom. The number of carbonyl (C=O) groups excluding carboxylic acids is 1. The summed E-state index contributed by atoms with van der Waals surface area (Å²) in [4.78, 5) is 16.1. The van der Waals surface area contributed by atoms with Crippen LogP contribution in [0.4, 0.5) is 26.0 Å². The normalized spacial score (nSPS) is 11.6. The Balaban J connectivity index is 2.18. The summed E-state index contributed by atoms with van der Waals surface area (Å²) in [6, 6.07) is 5.98. The first-order valence-electron chi connectivity index (χ1n) is 6.70. The zero-order valence-electron chi connectivity index (χ0n) is 12.5. The van der Waals surface area contributed by atoms with E-state index in [9.17, 15) is 13.6 Å². The predicted octanol–water partition coefficient (Wildman–Crippen LogP) is 2.52. The van der Waals surface area contributed by atoms with E-state index in [2.05, 4.69) is 10.3 Å². The number of nitrogens with zero attached hydrogens (tertiary/aromatic N) is 2. The van der Waals surface area contributed by atoms with Gasteiger partial charge in [-0.1, -0.05) is 11.8 Å². The molecule has 1 amide bonds. The second-order valence-electron chi connectivity index (χ2n) is 4.80. The van der Waals surface area contributed by atoms with E-state index in [0.29, 0.717) is 0 Å². The number of thioether (sulfide) groups is 1. The minimum atomic E-state index is -0.758. The summed E-state index contributed by atoms with van der Waals surface area (Å²) in [5.41, 5.74) is 11.3. The highest BCUT2D eigenvalue weighted by Gasteiger charge is 2.20. The van der Waals surface area contributed by atoms with E-state index in [-0.39, 0.29) is 27.8 Å². The van der Waals surface area contributed by atoms with E-state index in [0.717, 1.165) is 30.0 Å². The molecule has 0 aliphatic heterocycles. The van der Waals surface area contributed by atoms with Crippen LogP contribution in [0, 0.1) is 23.0 Å². The van der Waals surface area contributed by atoms with Gasteiger partial charge in [0.25, 0.3) is 0 Å². The van der Waals surface area contributed by atoms with Crippen molar-refractivity contribution < 1.29 is 13.6 Å². The van der Waals surface area contributed by atoms with Crippen molar-refractivity contribution in [2.24, 2.45) is 0 Å². The molecule has 2 aromatic rings. The first-order chi connectivity index (χ1) is 11.3. The lowest BCUT2D eigenvalue weighted by Crippen LogP contribution is -2.23. The second-order valence-corrected chi connectivity index (χ2v) is 6.13. The molecular formula is C15H13F2N5OS. The van der Waals surface area contributed by atoms with Crippen molar-refractivity contribution in [1.29, 1.82) is 5.26 Å². The lowest BCUT2D eigenvalue weighted by atomic mass is 10.2.